The summed E-state index contributed by atoms with van der Waals surface area (Å²) < 4.78 is 5.97. The van der Waals surface area contributed by atoms with Crippen molar-refractivity contribution >= 4 is 29.0 Å². The van der Waals surface area contributed by atoms with E-state index in [9.17, 15) is 4.79 Å². The van der Waals surface area contributed by atoms with E-state index in [4.69, 9.17) is 9.41 Å². The Hall–Kier alpha value is -4.46. The summed E-state index contributed by atoms with van der Waals surface area (Å²) in [6, 6.07) is 25.6. The number of para-hydroxylation sites is 2. The Labute approximate surface area is 202 Å². The third kappa shape index (κ3) is 4.14. The molecule has 1 unspecified atom stereocenters. The van der Waals surface area contributed by atoms with E-state index in [-0.39, 0.29) is 11.9 Å². The Balaban J connectivity index is 1.33. The molecule has 1 amide bonds. The number of amides is 1. The largest absolute Gasteiger partial charge is 0.403 e. The first kappa shape index (κ1) is 21.1. The number of aromatic nitrogens is 2. The molecule has 35 heavy (non-hydrogen) atoms. The molecule has 174 valence electrons. The van der Waals surface area contributed by atoms with Crippen molar-refractivity contribution in [1.82, 2.24) is 10.2 Å². The van der Waals surface area contributed by atoms with E-state index in [0.29, 0.717) is 17.3 Å². The number of fused-ring (bicyclic) bond motifs is 1. The molecule has 0 bridgehead atoms. The van der Waals surface area contributed by atoms with Crippen LogP contribution in [0.25, 0.3) is 11.5 Å². The molecule has 1 fully saturated rings. The third-order valence-electron chi connectivity index (χ3n) is 6.26. The lowest BCUT2D eigenvalue weighted by Gasteiger charge is -2.19. The van der Waals surface area contributed by atoms with Crippen LogP contribution in [0.1, 0.15) is 24.0 Å². The van der Waals surface area contributed by atoms with Crippen molar-refractivity contribution in [3.05, 3.63) is 90.0 Å². The molecule has 0 saturated carbocycles. The number of carbonyl (C=O) groups excluding carboxylic acids is 1. The van der Waals surface area contributed by atoms with E-state index in [2.05, 4.69) is 31.8 Å². The van der Waals surface area contributed by atoms with Crippen molar-refractivity contribution in [3.63, 3.8) is 0 Å². The highest BCUT2D eigenvalue weighted by molar-refractivity contribution is 6.19. The van der Waals surface area contributed by atoms with Gasteiger partial charge in [0.1, 0.15) is 0 Å². The van der Waals surface area contributed by atoms with Crippen molar-refractivity contribution in [3.8, 4) is 11.5 Å². The van der Waals surface area contributed by atoms with Crippen molar-refractivity contribution in [1.29, 1.82) is 0 Å². The van der Waals surface area contributed by atoms with Gasteiger partial charge in [0.2, 0.25) is 6.17 Å². The number of hydrogen-bond acceptors (Lipinski definition) is 7. The zero-order chi connectivity index (χ0) is 23.6. The molecule has 4 aromatic rings. The molecular formula is C27H24N6O2. The van der Waals surface area contributed by atoms with Gasteiger partial charge >= 0.3 is 6.01 Å². The van der Waals surface area contributed by atoms with Gasteiger partial charge in [0.05, 0.1) is 17.0 Å². The molecule has 2 N–H and O–H groups in total. The van der Waals surface area contributed by atoms with Crippen LogP contribution in [0.2, 0.25) is 0 Å². The summed E-state index contributed by atoms with van der Waals surface area (Å²) in [6.07, 6.45) is 1.40. The fourth-order valence-corrected chi connectivity index (χ4v) is 4.58. The van der Waals surface area contributed by atoms with Crippen LogP contribution in [-0.2, 0) is 4.79 Å². The summed E-state index contributed by atoms with van der Waals surface area (Å²) in [5.74, 6) is 0.0974. The van der Waals surface area contributed by atoms with Gasteiger partial charge in [-0.25, -0.2) is 4.99 Å². The first-order valence-corrected chi connectivity index (χ1v) is 11.7. The number of benzodiazepines with no additional fused rings is 1. The van der Waals surface area contributed by atoms with E-state index in [1.54, 1.807) is 0 Å². The second kappa shape index (κ2) is 9.06. The number of benzene rings is 3. The predicted octanol–water partition coefficient (Wildman–Crippen LogP) is 4.56. The minimum Gasteiger partial charge on any atom is -0.403 e. The molecular weight excluding hydrogens is 440 g/mol. The standard InChI is InChI=1S/C27H24N6O2/c34-25-24(29-23(18-10-2-1-3-11-18)19-12-4-6-14-21(19)28-25)30-27-32-31-26(35-27)20-13-5-7-15-22(20)33-16-8-9-17-33/h1-7,10-15,24H,8-9,16-17H2,(H,28,34)(H,30,32). The van der Waals surface area contributed by atoms with Crippen LogP contribution in [0.4, 0.5) is 17.4 Å². The number of nitrogens with one attached hydrogen (secondary N) is 2. The van der Waals surface area contributed by atoms with Crippen molar-refractivity contribution in [2.75, 3.05) is 28.6 Å². The molecule has 3 aromatic carbocycles. The Morgan fingerprint density at radius 1 is 0.857 bits per heavy atom. The summed E-state index contributed by atoms with van der Waals surface area (Å²) in [5.41, 5.74) is 5.12. The zero-order valence-corrected chi connectivity index (χ0v) is 19.0. The summed E-state index contributed by atoms with van der Waals surface area (Å²) in [4.78, 5) is 20.2. The smallest absolute Gasteiger partial charge is 0.317 e. The number of aliphatic imine (C=N–C) groups is 1. The maximum atomic E-state index is 13.1. The average Bonchev–Trinajstić information content (AvgIpc) is 3.58. The molecule has 6 rings (SSSR count). The Morgan fingerprint density at radius 3 is 2.40 bits per heavy atom. The molecule has 0 aliphatic carbocycles. The Bertz CT molecular complexity index is 1390. The normalized spacial score (nSPS) is 17.4. The molecule has 8 heteroatoms. The summed E-state index contributed by atoms with van der Waals surface area (Å²) in [6.45, 7) is 2.02. The summed E-state index contributed by atoms with van der Waals surface area (Å²) in [7, 11) is 0. The minimum atomic E-state index is -0.945. The van der Waals surface area contributed by atoms with Gasteiger partial charge in [-0.1, -0.05) is 65.8 Å². The number of carbonyl (C=O) groups is 1. The molecule has 2 aliphatic rings. The molecule has 1 aromatic heterocycles. The second-order valence-corrected chi connectivity index (χ2v) is 8.55. The van der Waals surface area contributed by atoms with Crippen molar-refractivity contribution in [2.45, 2.75) is 19.0 Å². The zero-order valence-electron chi connectivity index (χ0n) is 19.0. The lowest BCUT2D eigenvalue weighted by Crippen LogP contribution is -2.32. The van der Waals surface area contributed by atoms with Crippen molar-refractivity contribution in [2.24, 2.45) is 4.99 Å². The first-order chi connectivity index (χ1) is 17.3. The van der Waals surface area contributed by atoms with Crippen LogP contribution >= 0.6 is 0 Å². The van der Waals surface area contributed by atoms with Gasteiger partial charge in [0.25, 0.3) is 11.8 Å². The Kier molecular flexibility index (Phi) is 5.46. The Morgan fingerprint density at radius 2 is 1.57 bits per heavy atom. The monoisotopic (exact) mass is 464 g/mol. The lowest BCUT2D eigenvalue weighted by molar-refractivity contribution is -0.116. The SMILES string of the molecule is O=C1Nc2ccccc2C(c2ccccc2)=NC1Nc1nnc(-c2ccccc2N2CCCC2)o1. The van der Waals surface area contributed by atoms with E-state index < -0.39 is 6.17 Å². The molecule has 2 aliphatic heterocycles. The molecule has 1 saturated heterocycles. The van der Waals surface area contributed by atoms with Crippen LogP contribution in [0.5, 0.6) is 0 Å². The summed E-state index contributed by atoms with van der Waals surface area (Å²) in [5, 5.41) is 14.4. The quantitative estimate of drug-likeness (QED) is 0.449. The number of nitrogens with zero attached hydrogens (tertiary/aromatic N) is 4. The van der Waals surface area contributed by atoms with Crippen LogP contribution in [-0.4, -0.2) is 41.1 Å². The van der Waals surface area contributed by atoms with Gasteiger partial charge in [-0.05, 0) is 31.0 Å². The van der Waals surface area contributed by atoms with Gasteiger partial charge in [0.15, 0.2) is 0 Å². The number of rotatable bonds is 5. The van der Waals surface area contributed by atoms with Crippen LogP contribution in [0, 0.1) is 0 Å². The molecule has 3 heterocycles. The minimum absolute atomic E-state index is 0.137. The predicted molar refractivity (Wildman–Crippen MR) is 136 cm³/mol. The van der Waals surface area contributed by atoms with E-state index in [1.165, 1.54) is 12.8 Å². The fraction of sp³-hybridized carbons (Fsp3) is 0.185. The van der Waals surface area contributed by atoms with Crippen LogP contribution in [0.15, 0.2) is 88.3 Å². The molecule has 0 radical (unpaired) electrons. The van der Waals surface area contributed by atoms with E-state index in [0.717, 1.165) is 35.5 Å². The maximum Gasteiger partial charge on any atom is 0.317 e. The van der Waals surface area contributed by atoms with Gasteiger partial charge in [-0.2, -0.15) is 0 Å². The van der Waals surface area contributed by atoms with Gasteiger partial charge in [-0.3, -0.25) is 4.79 Å². The van der Waals surface area contributed by atoms with Crippen LogP contribution in [0.3, 0.4) is 0 Å². The summed E-state index contributed by atoms with van der Waals surface area (Å²) >= 11 is 0. The second-order valence-electron chi connectivity index (χ2n) is 8.55. The number of hydrogen-bond donors (Lipinski definition) is 2. The maximum absolute atomic E-state index is 13.1. The lowest BCUT2D eigenvalue weighted by atomic mass is 10.0. The van der Waals surface area contributed by atoms with E-state index >= 15 is 0 Å². The van der Waals surface area contributed by atoms with Crippen LogP contribution < -0.4 is 15.5 Å². The first-order valence-electron chi connectivity index (χ1n) is 11.7. The molecule has 1 atom stereocenters. The third-order valence-corrected chi connectivity index (χ3v) is 6.26. The highest BCUT2D eigenvalue weighted by Gasteiger charge is 2.27. The highest BCUT2D eigenvalue weighted by atomic mass is 16.4. The van der Waals surface area contributed by atoms with Gasteiger partial charge < -0.3 is 20.0 Å². The average molecular weight is 465 g/mol. The van der Waals surface area contributed by atoms with Gasteiger partial charge in [-0.15, -0.1) is 5.10 Å². The fourth-order valence-electron chi connectivity index (χ4n) is 4.58. The topological polar surface area (TPSA) is 95.6 Å². The van der Waals surface area contributed by atoms with Crippen molar-refractivity contribution < 1.29 is 9.21 Å². The van der Waals surface area contributed by atoms with E-state index in [1.807, 2.05) is 72.8 Å². The molecule has 8 nitrogen and oxygen atoms in total. The number of anilines is 3. The van der Waals surface area contributed by atoms with Gasteiger partial charge in [0, 0.05) is 29.9 Å². The highest BCUT2D eigenvalue weighted by Crippen LogP contribution is 2.33. The molecule has 0 spiro atoms.